The van der Waals surface area contributed by atoms with Gasteiger partial charge in [0.15, 0.2) is 0 Å². The summed E-state index contributed by atoms with van der Waals surface area (Å²) in [5.41, 5.74) is 1.11. The molecule has 8 atom stereocenters. The Morgan fingerprint density at radius 3 is 1.50 bits per heavy atom. The summed E-state index contributed by atoms with van der Waals surface area (Å²) in [6.07, 6.45) is 4.26. The molecular weight excluding hydrogens is 376 g/mol. The number of hydrogen-bond acceptors (Lipinski definition) is 4. The minimum Gasteiger partial charge on any atom is -0.455 e. The van der Waals surface area contributed by atoms with Crippen LogP contribution in [0.2, 0.25) is 0 Å². The molecule has 0 aliphatic heterocycles. The fourth-order valence-electron chi connectivity index (χ4n) is 7.31. The van der Waals surface area contributed by atoms with Crippen LogP contribution in [0, 0.1) is 35.5 Å². The first-order valence-corrected chi connectivity index (χ1v) is 11.2. The van der Waals surface area contributed by atoms with Crippen molar-refractivity contribution in [2.24, 2.45) is 35.5 Å². The lowest BCUT2D eigenvalue weighted by Gasteiger charge is -2.42. The van der Waals surface area contributed by atoms with Gasteiger partial charge < -0.3 is 9.47 Å². The Labute approximate surface area is 176 Å². The predicted molar refractivity (Wildman–Crippen MR) is 111 cm³/mol. The van der Waals surface area contributed by atoms with Crippen LogP contribution in [0.25, 0.3) is 0 Å². The Bertz CT molecular complexity index is 878. The third-order valence-corrected chi connectivity index (χ3v) is 8.25. The molecule has 4 heteroatoms. The maximum absolute atomic E-state index is 12.9. The van der Waals surface area contributed by atoms with E-state index in [-0.39, 0.29) is 24.1 Å². The fraction of sp³-hybridized carbons (Fsp3) is 0.462. The molecule has 0 aromatic heterocycles. The summed E-state index contributed by atoms with van der Waals surface area (Å²) in [6.45, 7) is 0. The maximum Gasteiger partial charge on any atom is 0.338 e. The molecule has 0 saturated heterocycles. The zero-order valence-electron chi connectivity index (χ0n) is 16.9. The molecule has 0 N–H and O–H groups in total. The lowest BCUT2D eigenvalue weighted by Crippen LogP contribution is -2.48. The van der Waals surface area contributed by atoms with Gasteiger partial charge in [-0.25, -0.2) is 9.59 Å². The van der Waals surface area contributed by atoms with Crippen LogP contribution >= 0.6 is 0 Å². The monoisotopic (exact) mass is 402 g/mol. The number of fused-ring (bicyclic) bond motifs is 9. The van der Waals surface area contributed by atoms with Gasteiger partial charge in [-0.15, -0.1) is 0 Å². The molecule has 0 spiro atoms. The number of ether oxygens (including phenoxy) is 2. The second-order valence-electron chi connectivity index (χ2n) is 9.52. The smallest absolute Gasteiger partial charge is 0.338 e. The fourth-order valence-corrected chi connectivity index (χ4v) is 7.31. The minimum absolute atomic E-state index is 0.311. The van der Waals surface area contributed by atoms with Gasteiger partial charge in [0.1, 0.15) is 12.2 Å². The molecule has 4 aliphatic carbocycles. The molecule has 2 unspecified atom stereocenters. The topological polar surface area (TPSA) is 52.6 Å². The molecule has 0 amide bonds. The van der Waals surface area contributed by atoms with Crippen molar-refractivity contribution in [1.29, 1.82) is 0 Å². The number of esters is 2. The third kappa shape index (κ3) is 2.73. The molecule has 30 heavy (non-hydrogen) atoms. The van der Waals surface area contributed by atoms with Crippen LogP contribution in [0.3, 0.4) is 0 Å². The van der Waals surface area contributed by atoms with Crippen molar-refractivity contribution in [2.75, 3.05) is 0 Å². The highest BCUT2D eigenvalue weighted by Gasteiger charge is 2.68. The third-order valence-electron chi connectivity index (χ3n) is 8.25. The van der Waals surface area contributed by atoms with E-state index in [0.29, 0.717) is 34.8 Å². The van der Waals surface area contributed by atoms with E-state index in [2.05, 4.69) is 0 Å². The van der Waals surface area contributed by atoms with Crippen LogP contribution in [0.4, 0.5) is 0 Å². The van der Waals surface area contributed by atoms with E-state index >= 15 is 0 Å². The second kappa shape index (κ2) is 6.97. The highest BCUT2D eigenvalue weighted by molar-refractivity contribution is 5.90. The zero-order chi connectivity index (χ0) is 20.2. The Balaban J connectivity index is 1.28. The van der Waals surface area contributed by atoms with Crippen molar-refractivity contribution in [2.45, 2.75) is 37.9 Å². The summed E-state index contributed by atoms with van der Waals surface area (Å²) < 4.78 is 12.2. The van der Waals surface area contributed by atoms with Crippen LogP contribution in [-0.2, 0) is 9.47 Å². The van der Waals surface area contributed by atoms with E-state index < -0.39 is 0 Å². The molecule has 4 nitrogen and oxygen atoms in total. The Kier molecular flexibility index (Phi) is 4.22. The molecule has 0 heterocycles. The van der Waals surface area contributed by atoms with Gasteiger partial charge in [0.25, 0.3) is 0 Å². The summed E-state index contributed by atoms with van der Waals surface area (Å²) in [5, 5.41) is 0. The molecule has 4 aliphatic rings. The summed E-state index contributed by atoms with van der Waals surface area (Å²) in [4.78, 5) is 25.7. The zero-order valence-corrected chi connectivity index (χ0v) is 16.9. The molecule has 4 saturated carbocycles. The second-order valence-corrected chi connectivity index (χ2v) is 9.52. The molecule has 2 aromatic rings. The highest BCUT2D eigenvalue weighted by atomic mass is 16.6. The van der Waals surface area contributed by atoms with Crippen LogP contribution < -0.4 is 0 Å². The first-order chi connectivity index (χ1) is 14.7. The molecule has 2 aromatic carbocycles. The van der Waals surface area contributed by atoms with Gasteiger partial charge in [-0.1, -0.05) is 36.4 Å². The number of carbonyl (C=O) groups is 2. The lowest BCUT2D eigenvalue weighted by atomic mass is 9.69. The van der Waals surface area contributed by atoms with Crippen LogP contribution in [-0.4, -0.2) is 24.1 Å². The van der Waals surface area contributed by atoms with E-state index in [1.54, 1.807) is 24.3 Å². The van der Waals surface area contributed by atoms with E-state index in [9.17, 15) is 9.59 Å². The quantitative estimate of drug-likeness (QED) is 0.547. The SMILES string of the molecule is O=C(O[C@@H]1[C@H](OC(=O)c2ccccc2)[C@@H]2C[C@H]1C1C2[C@H]2CC[C@@H]1C2)c1ccccc1. The number of carbonyl (C=O) groups excluding carboxylic acids is 2. The molecule has 6 rings (SSSR count). The van der Waals surface area contributed by atoms with E-state index in [1.165, 1.54) is 19.3 Å². The average molecular weight is 402 g/mol. The molecule has 4 fully saturated rings. The van der Waals surface area contributed by atoms with Crippen LogP contribution in [0.1, 0.15) is 46.4 Å². The van der Waals surface area contributed by atoms with Gasteiger partial charge in [-0.05, 0) is 73.6 Å². The first kappa shape index (κ1) is 18.2. The van der Waals surface area contributed by atoms with Crippen molar-refractivity contribution < 1.29 is 19.1 Å². The Hall–Kier alpha value is -2.62. The van der Waals surface area contributed by atoms with Crippen molar-refractivity contribution in [3.8, 4) is 0 Å². The summed E-state index contributed by atoms with van der Waals surface area (Å²) in [5.74, 6) is 2.80. The standard InChI is InChI=1S/C26H26O4/c27-25(15-7-3-1-4-8-15)29-23-19-14-20(22-18-12-11-17(13-18)21(19)22)24(23)30-26(28)16-9-5-2-6-10-16/h1-10,17-24H,11-14H2/t17-,18+,19+,20-,21?,22?,23+,24-. The van der Waals surface area contributed by atoms with Crippen molar-refractivity contribution in [3.63, 3.8) is 0 Å². The van der Waals surface area contributed by atoms with E-state index in [4.69, 9.17) is 9.47 Å². The number of benzene rings is 2. The number of rotatable bonds is 4. The molecule has 4 bridgehead atoms. The Morgan fingerprint density at radius 1 is 0.633 bits per heavy atom. The van der Waals surface area contributed by atoms with Gasteiger partial charge in [0.05, 0.1) is 11.1 Å². The normalized spacial score (nSPS) is 37.7. The molecular formula is C26H26O4. The Morgan fingerprint density at radius 2 is 1.07 bits per heavy atom. The summed E-state index contributed by atoms with van der Waals surface area (Å²) in [7, 11) is 0. The minimum atomic E-state index is -0.337. The van der Waals surface area contributed by atoms with Gasteiger partial charge >= 0.3 is 11.9 Å². The van der Waals surface area contributed by atoms with Gasteiger partial charge in [0, 0.05) is 11.8 Å². The first-order valence-electron chi connectivity index (χ1n) is 11.2. The maximum atomic E-state index is 12.9. The van der Waals surface area contributed by atoms with Gasteiger partial charge in [-0.2, -0.15) is 0 Å². The summed E-state index contributed by atoms with van der Waals surface area (Å²) in [6, 6.07) is 18.3. The lowest BCUT2D eigenvalue weighted by molar-refractivity contribution is -0.0891. The van der Waals surface area contributed by atoms with Crippen molar-refractivity contribution in [3.05, 3.63) is 71.8 Å². The van der Waals surface area contributed by atoms with E-state index in [0.717, 1.165) is 18.3 Å². The van der Waals surface area contributed by atoms with Gasteiger partial charge in [0.2, 0.25) is 0 Å². The molecule has 0 radical (unpaired) electrons. The largest absolute Gasteiger partial charge is 0.455 e. The summed E-state index contributed by atoms with van der Waals surface area (Å²) >= 11 is 0. The predicted octanol–water partition coefficient (Wildman–Crippen LogP) is 4.75. The number of hydrogen-bond donors (Lipinski definition) is 0. The average Bonchev–Trinajstić information content (AvgIpc) is 3.55. The van der Waals surface area contributed by atoms with Crippen molar-refractivity contribution in [1.82, 2.24) is 0 Å². The van der Waals surface area contributed by atoms with Gasteiger partial charge in [-0.3, -0.25) is 0 Å². The van der Waals surface area contributed by atoms with E-state index in [1.807, 2.05) is 36.4 Å². The highest BCUT2D eigenvalue weighted by Crippen LogP contribution is 2.68. The van der Waals surface area contributed by atoms with Crippen molar-refractivity contribution >= 4 is 11.9 Å². The van der Waals surface area contributed by atoms with Crippen LogP contribution in [0.15, 0.2) is 60.7 Å². The molecule has 154 valence electrons. The van der Waals surface area contributed by atoms with Crippen LogP contribution in [0.5, 0.6) is 0 Å².